The normalized spacial score (nSPS) is 13.6. The smallest absolute Gasteiger partial charge is 0.350 e. The Morgan fingerprint density at radius 2 is 1.71 bits per heavy atom. The Bertz CT molecular complexity index is 1480. The van der Waals surface area contributed by atoms with Crippen LogP contribution in [0.5, 0.6) is 0 Å². The summed E-state index contributed by atoms with van der Waals surface area (Å²) in [7, 11) is -4.32. The lowest BCUT2D eigenvalue weighted by Gasteiger charge is -2.16. The van der Waals surface area contributed by atoms with E-state index in [4.69, 9.17) is 11.6 Å². The number of amides is 1. The van der Waals surface area contributed by atoms with E-state index in [0.717, 1.165) is 17.2 Å². The molecule has 0 aliphatic carbocycles. The van der Waals surface area contributed by atoms with Crippen LogP contribution < -0.4 is 15.9 Å². The summed E-state index contributed by atoms with van der Waals surface area (Å²) < 4.78 is 53.9. The molecule has 0 saturated carbocycles. The molecule has 0 aliphatic heterocycles. The zero-order valence-corrected chi connectivity index (χ0v) is 20.4. The van der Waals surface area contributed by atoms with E-state index >= 15 is 0 Å². The Morgan fingerprint density at radius 1 is 1.06 bits per heavy atom. The molecule has 0 spiro atoms. The zero-order valence-electron chi connectivity index (χ0n) is 18.7. The molecule has 3 N–H and O–H groups in total. The van der Waals surface area contributed by atoms with Crippen molar-refractivity contribution in [3.8, 4) is 0 Å². The molecular formula is C25H21ClF3N2O3P. The Labute approximate surface area is 204 Å². The van der Waals surface area contributed by atoms with Crippen LogP contribution in [0.2, 0.25) is 5.02 Å². The quantitative estimate of drug-likeness (QED) is 0.299. The lowest BCUT2D eigenvalue weighted by molar-refractivity contribution is -0.138. The van der Waals surface area contributed by atoms with Gasteiger partial charge in [0.25, 0.3) is 13.3 Å². The Balaban J connectivity index is 1.80. The maximum absolute atomic E-state index is 13.9. The van der Waals surface area contributed by atoms with Crippen molar-refractivity contribution in [1.29, 1.82) is 0 Å². The highest BCUT2D eigenvalue weighted by molar-refractivity contribution is 7.74. The number of hydrogen-bond acceptors (Lipinski definition) is 2. The summed E-state index contributed by atoms with van der Waals surface area (Å²) in [6, 6.07) is 14.5. The van der Waals surface area contributed by atoms with E-state index in [1.165, 1.54) is 24.3 Å². The van der Waals surface area contributed by atoms with Gasteiger partial charge in [0.2, 0.25) is 0 Å². The van der Waals surface area contributed by atoms with Gasteiger partial charge in [-0.05, 0) is 55.8 Å². The number of benzene rings is 3. The third kappa shape index (κ3) is 5.01. The van der Waals surface area contributed by atoms with Crippen molar-refractivity contribution in [2.24, 2.45) is 0 Å². The molecule has 3 aromatic carbocycles. The van der Waals surface area contributed by atoms with Crippen molar-refractivity contribution in [3.05, 3.63) is 93.6 Å². The van der Waals surface area contributed by atoms with Crippen LogP contribution in [-0.4, -0.2) is 15.8 Å². The van der Waals surface area contributed by atoms with Crippen molar-refractivity contribution in [2.45, 2.75) is 26.6 Å². The van der Waals surface area contributed by atoms with Gasteiger partial charge in [-0.3, -0.25) is 9.36 Å². The van der Waals surface area contributed by atoms with Crippen molar-refractivity contribution in [3.63, 3.8) is 0 Å². The van der Waals surface area contributed by atoms with Gasteiger partial charge >= 0.3 is 6.18 Å². The summed E-state index contributed by atoms with van der Waals surface area (Å²) in [6.45, 7) is 3.14. The number of aromatic amines is 1. The van der Waals surface area contributed by atoms with Crippen LogP contribution in [-0.2, 0) is 17.3 Å². The number of carbonyl (C=O) groups excluding carboxylic acids is 1. The number of fused-ring (bicyclic) bond motifs is 1. The fourth-order valence-electron chi connectivity index (χ4n) is 4.10. The van der Waals surface area contributed by atoms with E-state index < -0.39 is 31.6 Å². The predicted molar refractivity (Wildman–Crippen MR) is 131 cm³/mol. The number of nitrogens with one attached hydrogen (secondary N) is 2. The summed E-state index contributed by atoms with van der Waals surface area (Å²) in [5.41, 5.74) is 0.715. The van der Waals surface area contributed by atoms with E-state index in [-0.39, 0.29) is 27.3 Å². The average Bonchev–Trinajstić information content (AvgIpc) is 3.16. The number of aromatic nitrogens is 1. The molecule has 1 aromatic heterocycles. The predicted octanol–water partition coefficient (Wildman–Crippen LogP) is 5.61. The van der Waals surface area contributed by atoms with Gasteiger partial charge in [0, 0.05) is 27.8 Å². The van der Waals surface area contributed by atoms with Crippen LogP contribution in [0, 0.1) is 13.8 Å². The number of carbonyl (C=O) groups is 1. The molecule has 0 radical (unpaired) electrons. The number of hydrogen-bond donors (Lipinski definition) is 3. The molecule has 4 rings (SSSR count). The van der Waals surface area contributed by atoms with Crippen LogP contribution in [0.3, 0.4) is 0 Å². The maximum Gasteiger partial charge on any atom is 0.416 e. The molecule has 0 aliphatic rings. The Hall–Kier alpha value is -3.06. The maximum atomic E-state index is 13.9. The highest BCUT2D eigenvalue weighted by Gasteiger charge is 2.35. The van der Waals surface area contributed by atoms with Crippen LogP contribution in [0.1, 0.15) is 32.7 Å². The van der Waals surface area contributed by atoms with Crippen LogP contribution in [0.4, 0.5) is 13.2 Å². The van der Waals surface area contributed by atoms with Gasteiger partial charge in [0.1, 0.15) is 5.69 Å². The third-order valence-electron chi connectivity index (χ3n) is 5.58. The first-order valence-corrected chi connectivity index (χ1v) is 12.6. The molecule has 35 heavy (non-hydrogen) atoms. The van der Waals surface area contributed by atoms with Crippen molar-refractivity contribution in [1.82, 2.24) is 10.3 Å². The average molecular weight is 521 g/mol. The standard InChI is InChI=1S/C25H21ClF3N2O3P/c1-14-9-15(2)11-18(10-14)35(33,34)23-19-12-17(26)7-8-21(19)31-22(23)24(32)30-13-16-5-3-4-6-20(16)25(27,28)29/h3-12,31H,13H2,1-2H3,(H,30,32)(H,33,34). The highest BCUT2D eigenvalue weighted by Crippen LogP contribution is 2.43. The molecule has 0 saturated heterocycles. The molecule has 1 amide bonds. The number of alkyl halides is 3. The molecule has 1 atom stereocenters. The zero-order chi connectivity index (χ0) is 25.5. The molecule has 5 nitrogen and oxygen atoms in total. The number of H-pyrrole nitrogens is 1. The molecule has 1 heterocycles. The highest BCUT2D eigenvalue weighted by atomic mass is 35.5. The number of halogens is 4. The second-order valence-corrected chi connectivity index (χ2v) is 10.9. The molecule has 182 valence electrons. The molecule has 1 unspecified atom stereocenters. The van der Waals surface area contributed by atoms with Gasteiger partial charge in [0.05, 0.1) is 10.9 Å². The first-order valence-electron chi connectivity index (χ1n) is 10.5. The summed E-state index contributed by atoms with van der Waals surface area (Å²) in [4.78, 5) is 27.3. The monoisotopic (exact) mass is 520 g/mol. The first-order chi connectivity index (χ1) is 16.4. The van der Waals surface area contributed by atoms with E-state index in [9.17, 15) is 27.4 Å². The van der Waals surface area contributed by atoms with Crippen LogP contribution in [0.25, 0.3) is 10.9 Å². The molecule has 0 fully saturated rings. The van der Waals surface area contributed by atoms with E-state index in [0.29, 0.717) is 10.5 Å². The van der Waals surface area contributed by atoms with Gasteiger partial charge in [-0.15, -0.1) is 0 Å². The minimum absolute atomic E-state index is 0.129. The largest absolute Gasteiger partial charge is 0.416 e. The van der Waals surface area contributed by atoms with E-state index in [1.807, 2.05) is 6.07 Å². The minimum Gasteiger partial charge on any atom is -0.350 e. The van der Waals surface area contributed by atoms with Gasteiger partial charge in [-0.25, -0.2) is 0 Å². The lowest BCUT2D eigenvalue weighted by atomic mass is 10.1. The lowest BCUT2D eigenvalue weighted by Crippen LogP contribution is -2.30. The second kappa shape index (κ2) is 9.19. The summed E-state index contributed by atoms with van der Waals surface area (Å²) in [5.74, 6) is -0.817. The van der Waals surface area contributed by atoms with Crippen molar-refractivity contribution in [2.75, 3.05) is 0 Å². The summed E-state index contributed by atoms with van der Waals surface area (Å²) >= 11 is 6.14. The van der Waals surface area contributed by atoms with Crippen LogP contribution >= 0.6 is 19.0 Å². The second-order valence-electron chi connectivity index (χ2n) is 8.30. The fraction of sp³-hybridized carbons (Fsp3) is 0.160. The Morgan fingerprint density at radius 3 is 2.37 bits per heavy atom. The van der Waals surface area contributed by atoms with Gasteiger partial charge in [-0.1, -0.05) is 47.0 Å². The summed E-state index contributed by atoms with van der Waals surface area (Å²) in [6.07, 6.45) is -4.59. The molecule has 0 bridgehead atoms. The van der Waals surface area contributed by atoms with E-state index in [1.54, 1.807) is 38.1 Å². The topological polar surface area (TPSA) is 82.2 Å². The molecule has 10 heteroatoms. The number of aryl methyl sites for hydroxylation is 2. The number of rotatable bonds is 5. The minimum atomic E-state index is -4.59. The summed E-state index contributed by atoms with van der Waals surface area (Å²) in [5, 5.41) is 3.01. The molecule has 4 aromatic rings. The van der Waals surface area contributed by atoms with Crippen molar-refractivity contribution >= 4 is 46.4 Å². The third-order valence-corrected chi connectivity index (χ3v) is 7.85. The first kappa shape index (κ1) is 25.0. The van der Waals surface area contributed by atoms with Gasteiger partial charge in [-0.2, -0.15) is 13.2 Å². The van der Waals surface area contributed by atoms with Gasteiger partial charge in [0.15, 0.2) is 0 Å². The van der Waals surface area contributed by atoms with Crippen molar-refractivity contribution < 1.29 is 27.4 Å². The fourth-order valence-corrected chi connectivity index (χ4v) is 6.26. The van der Waals surface area contributed by atoms with Gasteiger partial charge < -0.3 is 15.2 Å². The SMILES string of the molecule is Cc1cc(C)cc(P(=O)(O)c2c(C(=O)NCc3ccccc3C(F)(F)F)[nH]c3ccc(Cl)cc23)c1. The Kier molecular flexibility index (Phi) is 6.58. The van der Waals surface area contributed by atoms with Crippen LogP contribution in [0.15, 0.2) is 60.7 Å². The van der Waals surface area contributed by atoms with E-state index in [2.05, 4.69) is 10.3 Å². The molecular weight excluding hydrogens is 500 g/mol.